The Kier molecular flexibility index (Phi) is 5.47. The van der Waals surface area contributed by atoms with Gasteiger partial charge in [0.2, 0.25) is 0 Å². The molecule has 0 amide bonds. The van der Waals surface area contributed by atoms with Crippen LogP contribution in [0.4, 0.5) is 5.82 Å². The summed E-state index contributed by atoms with van der Waals surface area (Å²) in [5.74, 6) is 4.02. The van der Waals surface area contributed by atoms with Crippen LogP contribution in [0.2, 0.25) is 0 Å². The Morgan fingerprint density at radius 1 is 1.03 bits per heavy atom. The van der Waals surface area contributed by atoms with Gasteiger partial charge in [0.25, 0.3) is 0 Å². The summed E-state index contributed by atoms with van der Waals surface area (Å²) in [6, 6.07) is 11.5. The average molecular weight is 464 g/mol. The van der Waals surface area contributed by atoms with Gasteiger partial charge in [0.15, 0.2) is 11.4 Å². The van der Waals surface area contributed by atoms with Gasteiger partial charge in [0.05, 0.1) is 18.2 Å². The number of terminal acetylenes is 1. The number of pyridine rings is 1. The largest absolute Gasteiger partial charge is 0.494 e. The summed E-state index contributed by atoms with van der Waals surface area (Å²) >= 11 is 0. The van der Waals surface area contributed by atoms with E-state index in [9.17, 15) is 0 Å². The first kappa shape index (κ1) is 21.9. The van der Waals surface area contributed by atoms with E-state index in [1.54, 1.807) is 19.5 Å². The molecule has 0 atom stereocenters. The number of ether oxygens (including phenoxy) is 2. The number of hydrogen-bond acceptors (Lipinski definition) is 8. The summed E-state index contributed by atoms with van der Waals surface area (Å²) in [6.45, 7) is 1.88. The molecule has 0 bridgehead atoms. The fourth-order valence-electron chi connectivity index (χ4n) is 4.00. The van der Waals surface area contributed by atoms with Crippen molar-refractivity contribution in [2.45, 2.75) is 6.92 Å². The van der Waals surface area contributed by atoms with E-state index in [1.807, 2.05) is 54.9 Å². The molecule has 4 aromatic heterocycles. The fraction of sp³-hybridized carbons (Fsp3) is 0.115. The van der Waals surface area contributed by atoms with Gasteiger partial charge in [-0.05, 0) is 42.7 Å². The zero-order valence-electron chi connectivity index (χ0n) is 19.4. The summed E-state index contributed by atoms with van der Waals surface area (Å²) in [5, 5.41) is 0.737. The smallest absolute Gasteiger partial charge is 0.322 e. The molecule has 9 nitrogen and oxygen atoms in total. The molecule has 0 aliphatic carbocycles. The summed E-state index contributed by atoms with van der Waals surface area (Å²) in [7, 11) is 3.48. The van der Waals surface area contributed by atoms with Crippen molar-refractivity contribution >= 4 is 16.9 Å². The van der Waals surface area contributed by atoms with Crippen LogP contribution in [0, 0.1) is 19.3 Å². The van der Waals surface area contributed by atoms with Gasteiger partial charge in [-0.15, -0.1) is 6.42 Å². The number of anilines is 1. The number of aryl methyl sites for hydroxylation is 2. The third-order valence-electron chi connectivity index (χ3n) is 5.60. The second-order valence-corrected chi connectivity index (χ2v) is 7.77. The number of nitrogens with two attached hydrogens (primary N) is 1. The van der Waals surface area contributed by atoms with E-state index in [-0.39, 0.29) is 6.01 Å². The van der Waals surface area contributed by atoms with Crippen LogP contribution in [-0.4, -0.2) is 36.6 Å². The minimum Gasteiger partial charge on any atom is -0.494 e. The zero-order chi connectivity index (χ0) is 24.5. The third kappa shape index (κ3) is 3.87. The Hall–Kier alpha value is -4.97. The first-order chi connectivity index (χ1) is 17.0. The number of fused-ring (bicyclic) bond motifs is 1. The van der Waals surface area contributed by atoms with Crippen LogP contribution in [0.15, 0.2) is 55.1 Å². The molecule has 0 fully saturated rings. The van der Waals surface area contributed by atoms with Crippen molar-refractivity contribution in [1.82, 2.24) is 29.5 Å². The second-order valence-electron chi connectivity index (χ2n) is 7.77. The van der Waals surface area contributed by atoms with E-state index < -0.39 is 0 Å². The highest BCUT2D eigenvalue weighted by Gasteiger charge is 2.23. The monoisotopic (exact) mass is 463 g/mol. The van der Waals surface area contributed by atoms with E-state index in [2.05, 4.69) is 30.8 Å². The molecule has 5 rings (SSSR count). The van der Waals surface area contributed by atoms with Crippen LogP contribution in [0.25, 0.3) is 33.4 Å². The predicted molar refractivity (Wildman–Crippen MR) is 133 cm³/mol. The average Bonchev–Trinajstić information content (AvgIpc) is 3.17. The van der Waals surface area contributed by atoms with Crippen LogP contribution in [-0.2, 0) is 7.05 Å². The molecule has 0 saturated carbocycles. The topological polar surface area (TPSA) is 114 Å². The summed E-state index contributed by atoms with van der Waals surface area (Å²) in [5.41, 5.74) is 11.7. The quantitative estimate of drug-likeness (QED) is 0.387. The van der Waals surface area contributed by atoms with Gasteiger partial charge in [-0.3, -0.25) is 0 Å². The molecule has 0 aliphatic heterocycles. The lowest BCUT2D eigenvalue weighted by molar-refractivity contribution is 0.411. The van der Waals surface area contributed by atoms with Gasteiger partial charge in [0, 0.05) is 36.3 Å². The number of methoxy groups -OCH3 is 1. The molecule has 0 unspecified atom stereocenters. The SMILES string of the molecule is C#Cc1ncc(-c2c(-c3ccc(Oc4nccc(C)n4)cc3)c3c(N)ncnc3n2C)cc1OC. The second kappa shape index (κ2) is 8.76. The van der Waals surface area contributed by atoms with Crippen molar-refractivity contribution in [2.24, 2.45) is 7.05 Å². The normalized spacial score (nSPS) is 10.8. The minimum absolute atomic E-state index is 0.285. The van der Waals surface area contributed by atoms with E-state index in [1.165, 1.54) is 6.33 Å². The number of nitrogen functional groups attached to an aromatic ring is 1. The van der Waals surface area contributed by atoms with Gasteiger partial charge < -0.3 is 19.8 Å². The number of nitrogens with zero attached hydrogens (tertiary/aromatic N) is 6. The first-order valence-corrected chi connectivity index (χ1v) is 10.7. The molecule has 35 heavy (non-hydrogen) atoms. The van der Waals surface area contributed by atoms with E-state index in [4.69, 9.17) is 21.6 Å². The Bertz CT molecular complexity index is 1600. The molecule has 0 saturated heterocycles. The number of aromatic nitrogens is 6. The van der Waals surface area contributed by atoms with Crippen LogP contribution in [0.5, 0.6) is 17.5 Å². The Labute approximate surface area is 201 Å². The standard InChI is InChI=1S/C26H21N7O2/c1-5-19-20(34-4)12-17(13-29-19)23-21(22-24(27)30-14-31-25(22)33(23)3)16-6-8-18(9-7-16)35-26-28-11-10-15(2)32-26/h1,6-14H,2-4H3,(H2,27,30,31). The maximum Gasteiger partial charge on any atom is 0.322 e. The van der Waals surface area contributed by atoms with Crippen molar-refractivity contribution in [3.63, 3.8) is 0 Å². The highest BCUT2D eigenvalue weighted by Crippen LogP contribution is 2.42. The van der Waals surface area contributed by atoms with Crippen LogP contribution in [0.3, 0.4) is 0 Å². The molecule has 5 aromatic rings. The molecule has 1 aromatic carbocycles. The fourth-order valence-corrected chi connectivity index (χ4v) is 4.00. The molecular weight excluding hydrogens is 442 g/mol. The summed E-state index contributed by atoms with van der Waals surface area (Å²) in [6.07, 6.45) is 10.4. The van der Waals surface area contributed by atoms with E-state index in [0.717, 1.165) is 33.5 Å². The minimum atomic E-state index is 0.285. The first-order valence-electron chi connectivity index (χ1n) is 10.7. The third-order valence-corrected chi connectivity index (χ3v) is 5.60. The Morgan fingerprint density at radius 2 is 1.83 bits per heavy atom. The van der Waals surface area contributed by atoms with Crippen molar-refractivity contribution in [2.75, 3.05) is 12.8 Å². The lowest BCUT2D eigenvalue weighted by atomic mass is 9.99. The van der Waals surface area contributed by atoms with Crippen LogP contribution in [0.1, 0.15) is 11.4 Å². The maximum absolute atomic E-state index is 6.33. The molecule has 172 valence electrons. The highest BCUT2D eigenvalue weighted by molar-refractivity contribution is 6.07. The van der Waals surface area contributed by atoms with E-state index >= 15 is 0 Å². The van der Waals surface area contributed by atoms with Gasteiger partial charge in [0.1, 0.15) is 23.5 Å². The Morgan fingerprint density at radius 3 is 2.54 bits per heavy atom. The number of benzene rings is 1. The highest BCUT2D eigenvalue weighted by atomic mass is 16.5. The van der Waals surface area contributed by atoms with Gasteiger partial charge in [-0.2, -0.15) is 0 Å². The van der Waals surface area contributed by atoms with Gasteiger partial charge in [-0.1, -0.05) is 12.1 Å². The van der Waals surface area contributed by atoms with E-state index in [0.29, 0.717) is 28.7 Å². The van der Waals surface area contributed by atoms with Crippen molar-refractivity contribution < 1.29 is 9.47 Å². The predicted octanol–water partition coefficient (Wildman–Crippen LogP) is 4.16. The molecule has 0 aliphatic rings. The summed E-state index contributed by atoms with van der Waals surface area (Å²) < 4.78 is 13.2. The van der Waals surface area contributed by atoms with Crippen molar-refractivity contribution in [1.29, 1.82) is 0 Å². The van der Waals surface area contributed by atoms with Gasteiger partial charge >= 0.3 is 6.01 Å². The van der Waals surface area contributed by atoms with Crippen LogP contribution >= 0.6 is 0 Å². The lowest BCUT2D eigenvalue weighted by Crippen LogP contribution is -1.98. The zero-order valence-corrected chi connectivity index (χ0v) is 19.4. The number of rotatable bonds is 5. The van der Waals surface area contributed by atoms with Crippen molar-refractivity contribution in [3.8, 4) is 52.2 Å². The molecule has 4 heterocycles. The molecule has 0 spiro atoms. The molecule has 9 heteroatoms. The number of hydrogen-bond donors (Lipinski definition) is 1. The Balaban J connectivity index is 1.67. The molecule has 2 N–H and O–H groups in total. The van der Waals surface area contributed by atoms with Gasteiger partial charge in [-0.25, -0.2) is 24.9 Å². The van der Waals surface area contributed by atoms with Crippen LogP contribution < -0.4 is 15.2 Å². The molecule has 0 radical (unpaired) electrons. The van der Waals surface area contributed by atoms with Crippen molar-refractivity contribution in [3.05, 3.63) is 66.5 Å². The summed E-state index contributed by atoms with van der Waals surface area (Å²) in [4.78, 5) is 21.6. The molecular formula is C26H21N7O2. The lowest BCUT2D eigenvalue weighted by Gasteiger charge is -2.11. The maximum atomic E-state index is 6.33.